The van der Waals surface area contributed by atoms with Crippen molar-refractivity contribution in [3.05, 3.63) is 75.0 Å². The monoisotopic (exact) mass is 479 g/mol. The number of amides is 1. The van der Waals surface area contributed by atoms with Crippen LogP contribution in [0.2, 0.25) is 0 Å². The van der Waals surface area contributed by atoms with E-state index in [4.69, 9.17) is 14.2 Å². The molecule has 1 unspecified atom stereocenters. The molecule has 2 aromatic carbocycles. The summed E-state index contributed by atoms with van der Waals surface area (Å²) in [6.45, 7) is 3.78. The molecule has 8 heteroatoms. The van der Waals surface area contributed by atoms with Gasteiger partial charge < -0.3 is 19.3 Å². The number of aliphatic hydroxyl groups is 1. The molecule has 1 aliphatic heterocycles. The number of ether oxygens (including phenoxy) is 3. The van der Waals surface area contributed by atoms with Crippen molar-refractivity contribution in [3.63, 3.8) is 0 Å². The van der Waals surface area contributed by atoms with Crippen molar-refractivity contribution in [1.29, 1.82) is 0 Å². The van der Waals surface area contributed by atoms with E-state index in [2.05, 4.69) is 0 Å². The number of carbonyl (C=O) groups excluding carboxylic acids is 2. The number of ketones is 1. The first-order valence-electron chi connectivity index (χ1n) is 10.5. The molecule has 7 nitrogen and oxygen atoms in total. The van der Waals surface area contributed by atoms with Gasteiger partial charge in [-0.25, -0.2) is 0 Å². The zero-order valence-corrected chi connectivity index (χ0v) is 20.4. The van der Waals surface area contributed by atoms with Crippen LogP contribution in [0, 0.1) is 13.8 Å². The van der Waals surface area contributed by atoms with Gasteiger partial charge in [-0.1, -0.05) is 11.6 Å². The fraction of sp³-hybridized carbons (Fsp3) is 0.231. The van der Waals surface area contributed by atoms with E-state index in [1.54, 1.807) is 30.3 Å². The quantitative estimate of drug-likeness (QED) is 0.304. The first-order valence-corrected chi connectivity index (χ1v) is 11.4. The number of rotatable bonds is 6. The third kappa shape index (κ3) is 3.80. The van der Waals surface area contributed by atoms with E-state index in [0.29, 0.717) is 28.5 Å². The Hall–Kier alpha value is -3.78. The highest BCUT2D eigenvalue weighted by atomic mass is 32.1. The van der Waals surface area contributed by atoms with Gasteiger partial charge in [-0.3, -0.25) is 14.5 Å². The topological polar surface area (TPSA) is 85.3 Å². The van der Waals surface area contributed by atoms with Crippen LogP contribution in [0.15, 0.2) is 53.4 Å². The first-order chi connectivity index (χ1) is 16.3. The number of benzene rings is 2. The Morgan fingerprint density at radius 3 is 2.21 bits per heavy atom. The lowest BCUT2D eigenvalue weighted by Crippen LogP contribution is -2.29. The minimum Gasteiger partial charge on any atom is -0.507 e. The maximum Gasteiger partial charge on any atom is 0.300 e. The fourth-order valence-corrected chi connectivity index (χ4v) is 5.16. The van der Waals surface area contributed by atoms with E-state index in [-0.39, 0.29) is 11.3 Å². The van der Waals surface area contributed by atoms with E-state index in [0.717, 1.165) is 16.0 Å². The normalized spacial score (nSPS) is 17.2. The molecule has 176 valence electrons. The van der Waals surface area contributed by atoms with E-state index in [1.165, 1.54) is 37.6 Å². The second-order valence-corrected chi connectivity index (χ2v) is 8.83. The van der Waals surface area contributed by atoms with E-state index < -0.39 is 17.7 Å². The summed E-state index contributed by atoms with van der Waals surface area (Å²) in [6.07, 6.45) is 0. The van der Waals surface area contributed by atoms with Crippen LogP contribution in [0.4, 0.5) is 5.69 Å². The number of carbonyl (C=O) groups is 2. The molecular weight excluding hydrogens is 454 g/mol. The van der Waals surface area contributed by atoms with Crippen LogP contribution >= 0.6 is 11.3 Å². The number of aryl methyl sites for hydroxylation is 2. The summed E-state index contributed by atoms with van der Waals surface area (Å²) in [4.78, 5) is 28.9. The van der Waals surface area contributed by atoms with Gasteiger partial charge in [0.1, 0.15) is 17.6 Å². The van der Waals surface area contributed by atoms with Crippen molar-refractivity contribution in [3.8, 4) is 17.2 Å². The Labute approximate surface area is 201 Å². The molecule has 34 heavy (non-hydrogen) atoms. The summed E-state index contributed by atoms with van der Waals surface area (Å²) in [6, 6.07) is 11.4. The van der Waals surface area contributed by atoms with Crippen molar-refractivity contribution < 1.29 is 28.9 Å². The molecule has 3 aromatic rings. The third-order valence-corrected chi connectivity index (χ3v) is 6.92. The predicted molar refractivity (Wildman–Crippen MR) is 131 cm³/mol. The highest BCUT2D eigenvalue weighted by Crippen LogP contribution is 2.47. The van der Waals surface area contributed by atoms with Gasteiger partial charge in [0.2, 0.25) is 0 Å². The molecule has 0 radical (unpaired) electrons. The molecule has 4 rings (SSSR count). The second kappa shape index (κ2) is 9.23. The summed E-state index contributed by atoms with van der Waals surface area (Å²) in [7, 11) is 4.51. The van der Waals surface area contributed by atoms with Gasteiger partial charge in [0.15, 0.2) is 11.5 Å². The minimum absolute atomic E-state index is 0.00855. The lowest BCUT2D eigenvalue weighted by atomic mass is 9.97. The van der Waals surface area contributed by atoms with Gasteiger partial charge >= 0.3 is 0 Å². The van der Waals surface area contributed by atoms with Crippen LogP contribution < -0.4 is 19.1 Å². The molecule has 0 aliphatic carbocycles. The summed E-state index contributed by atoms with van der Waals surface area (Å²) in [5.74, 6) is -0.464. The number of hydrogen-bond acceptors (Lipinski definition) is 7. The number of hydrogen-bond donors (Lipinski definition) is 1. The van der Waals surface area contributed by atoms with Gasteiger partial charge in [-0.2, -0.15) is 0 Å². The van der Waals surface area contributed by atoms with Gasteiger partial charge in [-0.15, -0.1) is 11.3 Å². The standard InChI is InChI=1S/C26H25NO6S/c1-14-6-8-18(31-3)17(12-14)23(28)21-22(25-15(2)10-11-34-25)27(26(30)24(21)29)16-7-9-19(32-4)20(13-16)33-5/h6-13,22,28H,1-5H3/b23-21-. The summed E-state index contributed by atoms with van der Waals surface area (Å²) in [5.41, 5.74) is 2.60. The molecule has 1 aromatic heterocycles. The van der Waals surface area contributed by atoms with Crippen LogP contribution in [-0.2, 0) is 9.59 Å². The molecule has 2 heterocycles. The Bertz CT molecular complexity index is 1310. The molecule has 1 aliphatic rings. The van der Waals surface area contributed by atoms with Crippen molar-refractivity contribution in [2.24, 2.45) is 0 Å². The maximum absolute atomic E-state index is 13.4. The van der Waals surface area contributed by atoms with Crippen LogP contribution in [0.3, 0.4) is 0 Å². The van der Waals surface area contributed by atoms with E-state index in [9.17, 15) is 14.7 Å². The lowest BCUT2D eigenvalue weighted by Gasteiger charge is -2.25. The average Bonchev–Trinajstić information content (AvgIpc) is 3.38. The number of nitrogens with zero attached hydrogens (tertiary/aromatic N) is 1. The SMILES string of the molecule is COc1ccc(N2C(=O)C(=O)/C(=C(\O)c3cc(C)ccc3OC)C2c2sccc2C)cc1OC. The zero-order chi connectivity index (χ0) is 24.6. The van der Waals surface area contributed by atoms with Crippen molar-refractivity contribution in [2.75, 3.05) is 26.2 Å². The maximum atomic E-state index is 13.4. The Balaban J connectivity index is 1.98. The predicted octanol–water partition coefficient (Wildman–Crippen LogP) is 5.02. The number of thiophene rings is 1. The van der Waals surface area contributed by atoms with Gasteiger partial charge in [-0.05, 0) is 55.1 Å². The van der Waals surface area contributed by atoms with E-state index >= 15 is 0 Å². The Kier molecular flexibility index (Phi) is 6.34. The smallest absolute Gasteiger partial charge is 0.300 e. The summed E-state index contributed by atoms with van der Waals surface area (Å²) < 4.78 is 16.2. The van der Waals surface area contributed by atoms with Gasteiger partial charge in [0.25, 0.3) is 11.7 Å². The fourth-order valence-electron chi connectivity index (χ4n) is 4.14. The molecule has 1 atom stereocenters. The van der Waals surface area contributed by atoms with Crippen molar-refractivity contribution in [2.45, 2.75) is 19.9 Å². The average molecular weight is 480 g/mol. The Morgan fingerprint density at radius 1 is 0.912 bits per heavy atom. The molecule has 0 saturated carbocycles. The third-order valence-electron chi connectivity index (χ3n) is 5.85. The first kappa shape index (κ1) is 23.4. The number of methoxy groups -OCH3 is 3. The minimum atomic E-state index is -0.816. The van der Waals surface area contributed by atoms with Crippen LogP contribution in [-0.4, -0.2) is 38.1 Å². The summed E-state index contributed by atoms with van der Waals surface area (Å²) >= 11 is 1.42. The zero-order valence-electron chi connectivity index (χ0n) is 19.5. The molecule has 1 N–H and O–H groups in total. The molecule has 0 bridgehead atoms. The molecular formula is C26H25NO6S. The molecule has 1 amide bonds. The highest BCUT2D eigenvalue weighted by Gasteiger charge is 2.48. The molecule has 1 fully saturated rings. The van der Waals surface area contributed by atoms with Gasteiger partial charge in [0, 0.05) is 16.6 Å². The second-order valence-electron chi connectivity index (χ2n) is 7.88. The summed E-state index contributed by atoms with van der Waals surface area (Å²) in [5, 5.41) is 13.3. The number of Topliss-reactive ketones (excluding diaryl/α,β-unsaturated/α-hetero) is 1. The number of anilines is 1. The van der Waals surface area contributed by atoms with Gasteiger partial charge in [0.05, 0.1) is 32.5 Å². The lowest BCUT2D eigenvalue weighted by molar-refractivity contribution is -0.132. The van der Waals surface area contributed by atoms with Crippen molar-refractivity contribution in [1.82, 2.24) is 0 Å². The van der Waals surface area contributed by atoms with Crippen molar-refractivity contribution >= 4 is 34.5 Å². The molecule has 0 spiro atoms. The van der Waals surface area contributed by atoms with E-state index in [1.807, 2.05) is 31.4 Å². The largest absolute Gasteiger partial charge is 0.507 e. The van der Waals surface area contributed by atoms with Crippen LogP contribution in [0.5, 0.6) is 17.2 Å². The van der Waals surface area contributed by atoms with Crippen LogP contribution in [0.1, 0.15) is 27.6 Å². The molecule has 1 saturated heterocycles. The highest BCUT2D eigenvalue weighted by molar-refractivity contribution is 7.10. The Morgan fingerprint density at radius 2 is 1.59 bits per heavy atom. The van der Waals surface area contributed by atoms with Crippen LogP contribution in [0.25, 0.3) is 5.76 Å². The number of aliphatic hydroxyl groups excluding tert-OH is 1.